The van der Waals surface area contributed by atoms with Crippen LogP contribution in [0.3, 0.4) is 0 Å². The van der Waals surface area contributed by atoms with Crippen LogP contribution in [0.2, 0.25) is 0 Å². The molecule has 0 heterocycles. The number of nitrogens with one attached hydrogen (secondary N) is 1. The van der Waals surface area contributed by atoms with Crippen LogP contribution in [0.1, 0.15) is 46.0 Å². The molecule has 0 saturated heterocycles. The van der Waals surface area contributed by atoms with Crippen LogP contribution in [0.4, 0.5) is 0 Å². The van der Waals surface area contributed by atoms with E-state index in [-0.39, 0.29) is 11.4 Å². The summed E-state index contributed by atoms with van der Waals surface area (Å²) < 4.78 is 0. The summed E-state index contributed by atoms with van der Waals surface area (Å²) >= 11 is 0. The average Bonchev–Trinajstić information content (AvgIpc) is 2.36. The Kier molecular flexibility index (Phi) is 6.09. The molecule has 0 aromatic rings. The van der Waals surface area contributed by atoms with Gasteiger partial charge in [-0.25, -0.2) is 0 Å². The maximum absolute atomic E-state index is 11.5. The molecule has 1 rings (SSSR count). The molecule has 1 amide bonds. The predicted octanol–water partition coefficient (Wildman–Crippen LogP) is 1.35. The van der Waals surface area contributed by atoms with Crippen molar-refractivity contribution in [2.75, 3.05) is 26.7 Å². The van der Waals surface area contributed by atoms with Gasteiger partial charge in [0.2, 0.25) is 5.91 Å². The quantitative estimate of drug-likeness (QED) is 0.753. The number of nitrogens with zero attached hydrogens (tertiary/aromatic N) is 1. The van der Waals surface area contributed by atoms with E-state index in [2.05, 4.69) is 24.2 Å². The largest absolute Gasteiger partial charge is 0.356 e. The van der Waals surface area contributed by atoms with E-state index in [0.29, 0.717) is 19.5 Å². The van der Waals surface area contributed by atoms with Crippen molar-refractivity contribution in [3.05, 3.63) is 0 Å². The van der Waals surface area contributed by atoms with E-state index in [4.69, 9.17) is 5.73 Å². The van der Waals surface area contributed by atoms with Crippen LogP contribution in [0.15, 0.2) is 0 Å². The topological polar surface area (TPSA) is 58.4 Å². The van der Waals surface area contributed by atoms with Crippen LogP contribution in [0, 0.1) is 5.92 Å². The second-order valence-electron chi connectivity index (χ2n) is 5.76. The van der Waals surface area contributed by atoms with E-state index in [9.17, 15) is 4.79 Å². The average molecular weight is 255 g/mol. The van der Waals surface area contributed by atoms with E-state index >= 15 is 0 Å². The molecule has 2 atom stereocenters. The smallest absolute Gasteiger partial charge is 0.221 e. The fraction of sp³-hybridized carbons (Fsp3) is 0.929. The molecule has 18 heavy (non-hydrogen) atoms. The van der Waals surface area contributed by atoms with E-state index in [1.165, 1.54) is 19.3 Å². The third kappa shape index (κ3) is 3.95. The van der Waals surface area contributed by atoms with Gasteiger partial charge in [-0.2, -0.15) is 0 Å². The Balaban J connectivity index is 2.50. The maximum atomic E-state index is 11.5. The van der Waals surface area contributed by atoms with Gasteiger partial charge in [0.1, 0.15) is 0 Å². The Morgan fingerprint density at radius 2 is 2.28 bits per heavy atom. The predicted molar refractivity (Wildman–Crippen MR) is 75.3 cm³/mol. The fourth-order valence-corrected chi connectivity index (χ4v) is 3.11. The Bertz CT molecular complexity index is 270. The minimum absolute atomic E-state index is 0.115. The van der Waals surface area contributed by atoms with Crippen molar-refractivity contribution in [1.82, 2.24) is 10.2 Å². The first-order valence-electron chi connectivity index (χ1n) is 7.22. The molecule has 0 aliphatic heterocycles. The van der Waals surface area contributed by atoms with Crippen LogP contribution < -0.4 is 11.1 Å². The molecule has 0 aromatic heterocycles. The summed E-state index contributed by atoms with van der Waals surface area (Å²) in [6, 6.07) is 0. The normalized spacial score (nSPS) is 28.4. The minimum Gasteiger partial charge on any atom is -0.356 e. The number of hydrogen-bond donors (Lipinski definition) is 2. The zero-order chi connectivity index (χ0) is 13.6. The summed E-state index contributed by atoms with van der Waals surface area (Å²) in [4.78, 5) is 13.8. The Hall–Kier alpha value is -0.610. The van der Waals surface area contributed by atoms with E-state index in [0.717, 1.165) is 18.9 Å². The van der Waals surface area contributed by atoms with Crippen molar-refractivity contribution in [1.29, 1.82) is 0 Å². The first-order valence-corrected chi connectivity index (χ1v) is 7.22. The number of carbonyl (C=O) groups excluding carboxylic acids is 1. The van der Waals surface area contributed by atoms with Gasteiger partial charge >= 0.3 is 0 Å². The van der Waals surface area contributed by atoms with Gasteiger partial charge in [0.05, 0.1) is 0 Å². The molecule has 0 aromatic carbocycles. The molecule has 1 fully saturated rings. The lowest BCUT2D eigenvalue weighted by Crippen LogP contribution is -2.55. The molecule has 4 heteroatoms. The van der Waals surface area contributed by atoms with E-state index in [1.807, 2.05) is 6.92 Å². The van der Waals surface area contributed by atoms with Crippen LogP contribution in [-0.4, -0.2) is 43.0 Å². The summed E-state index contributed by atoms with van der Waals surface area (Å²) in [5.74, 6) is 0.884. The lowest BCUT2D eigenvalue weighted by atomic mass is 9.75. The molecule has 0 bridgehead atoms. The minimum atomic E-state index is 0.115. The van der Waals surface area contributed by atoms with Gasteiger partial charge in [-0.3, -0.25) is 9.69 Å². The molecule has 106 valence electrons. The van der Waals surface area contributed by atoms with Gasteiger partial charge in [0.25, 0.3) is 0 Å². The van der Waals surface area contributed by atoms with Crippen molar-refractivity contribution >= 4 is 5.91 Å². The lowest BCUT2D eigenvalue weighted by molar-refractivity contribution is -0.121. The lowest BCUT2D eigenvalue weighted by Gasteiger charge is -2.46. The van der Waals surface area contributed by atoms with Crippen molar-refractivity contribution in [2.45, 2.75) is 51.5 Å². The van der Waals surface area contributed by atoms with Crippen molar-refractivity contribution < 1.29 is 4.79 Å². The van der Waals surface area contributed by atoms with Crippen LogP contribution in [-0.2, 0) is 4.79 Å². The van der Waals surface area contributed by atoms with Gasteiger partial charge in [0.15, 0.2) is 0 Å². The molecular weight excluding hydrogens is 226 g/mol. The first kappa shape index (κ1) is 15.4. The second kappa shape index (κ2) is 7.10. The third-order valence-corrected chi connectivity index (χ3v) is 4.31. The van der Waals surface area contributed by atoms with Crippen molar-refractivity contribution in [3.63, 3.8) is 0 Å². The van der Waals surface area contributed by atoms with Crippen LogP contribution in [0.5, 0.6) is 0 Å². The number of nitrogens with two attached hydrogens (primary N) is 1. The van der Waals surface area contributed by atoms with Gasteiger partial charge in [-0.05, 0) is 32.7 Å². The fourth-order valence-electron chi connectivity index (χ4n) is 3.11. The number of hydrogen-bond acceptors (Lipinski definition) is 3. The summed E-state index contributed by atoms with van der Waals surface area (Å²) in [5.41, 5.74) is 6.14. The monoisotopic (exact) mass is 255 g/mol. The van der Waals surface area contributed by atoms with Gasteiger partial charge in [-0.15, -0.1) is 0 Å². The van der Waals surface area contributed by atoms with Crippen LogP contribution in [0.25, 0.3) is 0 Å². The molecule has 4 nitrogen and oxygen atoms in total. The number of rotatable bonds is 6. The molecular formula is C14H29N3O. The van der Waals surface area contributed by atoms with Crippen LogP contribution >= 0.6 is 0 Å². The summed E-state index contributed by atoms with van der Waals surface area (Å²) in [5, 5.41) is 2.85. The van der Waals surface area contributed by atoms with Gasteiger partial charge in [-0.1, -0.05) is 19.8 Å². The summed E-state index contributed by atoms with van der Waals surface area (Å²) in [6.07, 6.45) is 5.46. The summed E-state index contributed by atoms with van der Waals surface area (Å²) in [7, 11) is 2.12. The second-order valence-corrected chi connectivity index (χ2v) is 5.76. The molecule has 1 aliphatic rings. The molecule has 0 radical (unpaired) electrons. The number of carbonyl (C=O) groups is 1. The molecule has 3 N–H and O–H groups in total. The number of amides is 1. The van der Waals surface area contributed by atoms with E-state index < -0.39 is 0 Å². The Labute approximate surface area is 111 Å². The highest BCUT2D eigenvalue weighted by Crippen LogP contribution is 2.35. The molecule has 2 unspecified atom stereocenters. The Morgan fingerprint density at radius 3 is 2.83 bits per heavy atom. The van der Waals surface area contributed by atoms with Gasteiger partial charge in [0, 0.05) is 31.6 Å². The highest BCUT2D eigenvalue weighted by molar-refractivity contribution is 5.75. The highest BCUT2D eigenvalue weighted by Gasteiger charge is 2.37. The summed E-state index contributed by atoms with van der Waals surface area (Å²) in [6.45, 7) is 6.47. The number of likely N-dealkylation sites (N-methyl/N-ethyl adjacent to an activating group) is 1. The Morgan fingerprint density at radius 1 is 1.56 bits per heavy atom. The molecule has 0 spiro atoms. The standard InChI is InChI=1S/C14H29N3O/c1-4-16-13(18)7-9-17(3)14(11-15)8-5-6-12(2)10-14/h12H,4-11,15H2,1-3H3,(H,16,18). The van der Waals surface area contributed by atoms with Gasteiger partial charge < -0.3 is 11.1 Å². The molecule has 1 saturated carbocycles. The van der Waals surface area contributed by atoms with E-state index in [1.54, 1.807) is 0 Å². The third-order valence-electron chi connectivity index (χ3n) is 4.31. The molecule has 1 aliphatic carbocycles. The zero-order valence-electron chi connectivity index (χ0n) is 12.2. The zero-order valence-corrected chi connectivity index (χ0v) is 12.2. The first-order chi connectivity index (χ1) is 8.54. The van der Waals surface area contributed by atoms with Crippen molar-refractivity contribution in [3.8, 4) is 0 Å². The van der Waals surface area contributed by atoms with Crippen molar-refractivity contribution in [2.24, 2.45) is 11.7 Å². The highest BCUT2D eigenvalue weighted by atomic mass is 16.1. The SMILES string of the molecule is CCNC(=O)CCN(C)C1(CN)CCCC(C)C1. The maximum Gasteiger partial charge on any atom is 0.221 e.